The third-order valence-corrected chi connectivity index (χ3v) is 4.42. The molecule has 4 nitrogen and oxygen atoms in total. The van der Waals surface area contributed by atoms with E-state index in [2.05, 4.69) is 4.74 Å². The summed E-state index contributed by atoms with van der Waals surface area (Å²) in [7, 11) is 0. The lowest BCUT2D eigenvalue weighted by Gasteiger charge is -2.08. The predicted molar refractivity (Wildman–Crippen MR) is 103 cm³/mol. The monoisotopic (exact) mass is 412 g/mol. The van der Waals surface area contributed by atoms with Gasteiger partial charge in [0.15, 0.2) is 5.76 Å². The van der Waals surface area contributed by atoms with Crippen LogP contribution < -0.4 is 14.2 Å². The number of carbonyl (C=O) groups is 1. The number of hydrogen-bond donors (Lipinski definition) is 0. The topological polar surface area (TPSA) is 44.8 Å². The van der Waals surface area contributed by atoms with E-state index in [1.54, 1.807) is 36.4 Å². The highest BCUT2D eigenvalue weighted by Crippen LogP contribution is 2.36. The summed E-state index contributed by atoms with van der Waals surface area (Å²) in [5, 5.41) is 0. The van der Waals surface area contributed by atoms with Gasteiger partial charge in [0.25, 0.3) is 0 Å². The molecule has 30 heavy (non-hydrogen) atoms. The van der Waals surface area contributed by atoms with Gasteiger partial charge in [0.05, 0.1) is 5.56 Å². The average Bonchev–Trinajstić information content (AvgIpc) is 3.03. The Hall–Kier alpha value is -3.74. The molecule has 0 aromatic heterocycles. The molecule has 0 saturated carbocycles. The molecule has 0 saturated heterocycles. The van der Waals surface area contributed by atoms with Crippen molar-refractivity contribution in [3.63, 3.8) is 0 Å². The fourth-order valence-corrected chi connectivity index (χ4v) is 2.98. The summed E-state index contributed by atoms with van der Waals surface area (Å²) >= 11 is 0. The van der Waals surface area contributed by atoms with Gasteiger partial charge in [0.2, 0.25) is 5.78 Å². The van der Waals surface area contributed by atoms with Gasteiger partial charge in [-0.3, -0.25) is 4.79 Å². The molecule has 0 fully saturated rings. The van der Waals surface area contributed by atoms with Crippen LogP contribution >= 0.6 is 0 Å². The second kappa shape index (κ2) is 8.32. The molecule has 1 heterocycles. The Bertz CT molecular complexity index is 1120. The van der Waals surface area contributed by atoms with E-state index in [9.17, 15) is 18.0 Å². The first kappa shape index (κ1) is 19.6. The molecule has 3 aromatic rings. The number of ketones is 1. The molecule has 0 amide bonds. The number of hydrogen-bond acceptors (Lipinski definition) is 4. The van der Waals surface area contributed by atoms with E-state index in [1.807, 2.05) is 0 Å². The van der Waals surface area contributed by atoms with Crippen LogP contribution in [0.4, 0.5) is 13.2 Å². The number of para-hydroxylation sites is 1. The second-order valence-electron chi connectivity index (χ2n) is 6.39. The van der Waals surface area contributed by atoms with Crippen molar-refractivity contribution < 1.29 is 32.2 Å². The summed E-state index contributed by atoms with van der Waals surface area (Å²) in [6.07, 6.45) is 1.35. The van der Waals surface area contributed by atoms with Gasteiger partial charge < -0.3 is 14.2 Å². The van der Waals surface area contributed by atoms with Gasteiger partial charge in [-0.1, -0.05) is 36.4 Å². The quantitative estimate of drug-likeness (QED) is 0.493. The zero-order valence-corrected chi connectivity index (χ0v) is 15.5. The average molecular weight is 412 g/mol. The van der Waals surface area contributed by atoms with E-state index in [4.69, 9.17) is 9.47 Å². The molecule has 3 aromatic carbocycles. The predicted octanol–water partition coefficient (Wildman–Crippen LogP) is 5.62. The van der Waals surface area contributed by atoms with E-state index in [0.29, 0.717) is 16.9 Å². The molecule has 7 heteroatoms. The number of allylic oxidation sites excluding steroid dienone is 1. The summed E-state index contributed by atoms with van der Waals surface area (Å²) in [5.74, 6) is -0.197. The van der Waals surface area contributed by atoms with Crippen molar-refractivity contribution in [1.82, 2.24) is 0 Å². The van der Waals surface area contributed by atoms with Crippen molar-refractivity contribution in [3.8, 4) is 17.2 Å². The number of Topliss-reactive ketones (excluding diaryl/α,β-unsaturated/α-hetero) is 1. The summed E-state index contributed by atoms with van der Waals surface area (Å²) in [6, 6.07) is 17.0. The third-order valence-electron chi connectivity index (χ3n) is 4.42. The Balaban J connectivity index is 1.54. The maximum absolute atomic E-state index is 13.7. The molecule has 0 N–H and O–H groups in total. The van der Waals surface area contributed by atoms with Crippen molar-refractivity contribution in [2.45, 2.75) is 13.2 Å². The normalized spacial score (nSPS) is 14.0. The molecule has 4 rings (SSSR count). The van der Waals surface area contributed by atoms with Crippen molar-refractivity contribution in [2.24, 2.45) is 0 Å². The summed E-state index contributed by atoms with van der Waals surface area (Å²) in [6.45, 7) is -2.98. The van der Waals surface area contributed by atoms with Gasteiger partial charge in [0, 0.05) is 17.2 Å². The lowest BCUT2D eigenvalue weighted by molar-refractivity contribution is -0.0499. The zero-order valence-electron chi connectivity index (χ0n) is 15.5. The van der Waals surface area contributed by atoms with Crippen LogP contribution in [0.25, 0.3) is 6.08 Å². The summed E-state index contributed by atoms with van der Waals surface area (Å²) < 4.78 is 54.6. The smallest absolute Gasteiger partial charge is 0.387 e. The number of carbonyl (C=O) groups excluding carboxylic acids is 1. The molecule has 0 spiro atoms. The minimum atomic E-state index is -2.99. The van der Waals surface area contributed by atoms with Crippen LogP contribution in [0, 0.1) is 5.82 Å². The van der Waals surface area contributed by atoms with Crippen LogP contribution in [-0.2, 0) is 6.61 Å². The lowest BCUT2D eigenvalue weighted by Crippen LogP contribution is -2.04. The molecule has 1 aliphatic rings. The number of fused-ring (bicyclic) bond motifs is 1. The number of halogens is 3. The van der Waals surface area contributed by atoms with Gasteiger partial charge in [0.1, 0.15) is 29.7 Å². The maximum atomic E-state index is 13.7. The standard InChI is InChI=1S/C23H15F3O4/c24-18-7-3-1-6-15(18)13-28-16-9-10-17-20(12-16)29-21(22(17)27)11-14-5-2-4-8-19(14)30-23(25)26/h1-12,23H,13H2/b21-11-. The number of rotatable bonds is 6. The molecule has 0 bridgehead atoms. The highest BCUT2D eigenvalue weighted by Gasteiger charge is 2.28. The van der Waals surface area contributed by atoms with Crippen molar-refractivity contribution in [1.29, 1.82) is 0 Å². The minimum Gasteiger partial charge on any atom is -0.489 e. The Morgan fingerprint density at radius 2 is 1.77 bits per heavy atom. The van der Waals surface area contributed by atoms with Crippen LogP contribution in [0.15, 0.2) is 72.5 Å². The largest absolute Gasteiger partial charge is 0.489 e. The maximum Gasteiger partial charge on any atom is 0.387 e. The SMILES string of the molecule is O=C1/C(=C/c2ccccc2OC(F)F)Oc2cc(OCc3ccccc3F)ccc21. The second-order valence-corrected chi connectivity index (χ2v) is 6.39. The van der Waals surface area contributed by atoms with Gasteiger partial charge in [-0.15, -0.1) is 0 Å². The van der Waals surface area contributed by atoms with E-state index in [0.717, 1.165) is 0 Å². The first-order valence-corrected chi connectivity index (χ1v) is 8.99. The summed E-state index contributed by atoms with van der Waals surface area (Å²) in [4.78, 5) is 12.6. The van der Waals surface area contributed by atoms with E-state index < -0.39 is 12.4 Å². The van der Waals surface area contributed by atoms with E-state index in [1.165, 1.54) is 36.4 Å². The molecule has 152 valence electrons. The number of ether oxygens (including phenoxy) is 3. The zero-order chi connectivity index (χ0) is 21.1. The highest BCUT2D eigenvalue weighted by atomic mass is 19.3. The Morgan fingerprint density at radius 3 is 2.57 bits per heavy atom. The van der Waals surface area contributed by atoms with Gasteiger partial charge >= 0.3 is 6.61 Å². The third kappa shape index (κ3) is 4.15. The molecule has 0 atom stereocenters. The molecule has 0 radical (unpaired) electrons. The summed E-state index contributed by atoms with van der Waals surface area (Å²) in [5.41, 5.74) is 0.989. The number of benzene rings is 3. The minimum absolute atomic E-state index is 0.0143. The Kier molecular flexibility index (Phi) is 5.43. The molecular formula is C23H15F3O4. The van der Waals surface area contributed by atoms with Crippen LogP contribution in [-0.4, -0.2) is 12.4 Å². The van der Waals surface area contributed by atoms with Crippen LogP contribution in [0.1, 0.15) is 21.5 Å². The fourth-order valence-electron chi connectivity index (χ4n) is 2.98. The fraction of sp³-hybridized carbons (Fsp3) is 0.0870. The van der Waals surface area contributed by atoms with Crippen LogP contribution in [0.2, 0.25) is 0 Å². The van der Waals surface area contributed by atoms with Crippen molar-refractivity contribution in [2.75, 3.05) is 0 Å². The van der Waals surface area contributed by atoms with Crippen molar-refractivity contribution in [3.05, 3.63) is 95.0 Å². The van der Waals surface area contributed by atoms with E-state index in [-0.39, 0.29) is 35.2 Å². The molecule has 0 unspecified atom stereocenters. The van der Waals surface area contributed by atoms with Gasteiger partial charge in [-0.2, -0.15) is 8.78 Å². The Labute approximate surface area is 170 Å². The van der Waals surface area contributed by atoms with Gasteiger partial charge in [-0.25, -0.2) is 4.39 Å². The first-order valence-electron chi connectivity index (χ1n) is 8.99. The van der Waals surface area contributed by atoms with Crippen LogP contribution in [0.5, 0.6) is 17.2 Å². The Morgan fingerprint density at radius 1 is 1.00 bits per heavy atom. The van der Waals surface area contributed by atoms with Crippen LogP contribution in [0.3, 0.4) is 0 Å². The highest BCUT2D eigenvalue weighted by molar-refractivity contribution is 6.14. The number of alkyl halides is 2. The first-order chi connectivity index (χ1) is 14.5. The van der Waals surface area contributed by atoms with E-state index >= 15 is 0 Å². The van der Waals surface area contributed by atoms with Crippen molar-refractivity contribution >= 4 is 11.9 Å². The molecular weight excluding hydrogens is 397 g/mol. The lowest BCUT2D eigenvalue weighted by atomic mass is 10.1. The molecule has 1 aliphatic heterocycles. The van der Waals surface area contributed by atoms with Gasteiger partial charge in [-0.05, 0) is 30.3 Å². The molecule has 0 aliphatic carbocycles.